The highest BCUT2D eigenvalue weighted by Gasteiger charge is 2.17. The van der Waals surface area contributed by atoms with E-state index in [4.69, 9.17) is 0 Å². The summed E-state index contributed by atoms with van der Waals surface area (Å²) in [6.07, 6.45) is 2.72. The average molecular weight is 426 g/mol. The van der Waals surface area contributed by atoms with Crippen LogP contribution in [0.25, 0.3) is 10.2 Å². The first-order valence-electron chi connectivity index (χ1n) is 9.34. The molecule has 9 heteroatoms. The van der Waals surface area contributed by atoms with Crippen molar-refractivity contribution in [3.05, 3.63) is 20.8 Å². The third-order valence-electron chi connectivity index (χ3n) is 4.54. The van der Waals surface area contributed by atoms with Crippen LogP contribution in [0.1, 0.15) is 43.6 Å². The Kier molecular flexibility index (Phi) is 8.50. The number of rotatable bonds is 10. The molecule has 0 saturated carbocycles. The SMILES string of the molecule is CC[C@H](C)Cc1c(C)sc2nc(SCC(=O)NCCCC(=O)OC)[nH]c(=O)c12. The molecule has 1 atom stereocenters. The van der Waals surface area contributed by atoms with E-state index in [1.54, 1.807) is 0 Å². The fourth-order valence-corrected chi connectivity index (χ4v) is 4.51. The number of nitrogens with zero attached hydrogens (tertiary/aromatic N) is 1. The van der Waals surface area contributed by atoms with Crippen LogP contribution in [0.2, 0.25) is 0 Å². The highest BCUT2D eigenvalue weighted by molar-refractivity contribution is 7.99. The van der Waals surface area contributed by atoms with E-state index in [1.807, 2.05) is 6.92 Å². The van der Waals surface area contributed by atoms with E-state index in [-0.39, 0.29) is 29.6 Å². The Hall–Kier alpha value is -1.87. The van der Waals surface area contributed by atoms with Crippen LogP contribution in [0.3, 0.4) is 0 Å². The maximum Gasteiger partial charge on any atom is 0.305 e. The number of aromatic nitrogens is 2. The van der Waals surface area contributed by atoms with Crippen LogP contribution >= 0.6 is 23.1 Å². The number of methoxy groups -OCH3 is 1. The number of carbonyl (C=O) groups is 2. The van der Waals surface area contributed by atoms with Crippen LogP contribution in [0.15, 0.2) is 9.95 Å². The molecule has 2 heterocycles. The van der Waals surface area contributed by atoms with Crippen molar-refractivity contribution < 1.29 is 14.3 Å². The van der Waals surface area contributed by atoms with Gasteiger partial charge in [0.2, 0.25) is 5.91 Å². The van der Waals surface area contributed by atoms with Gasteiger partial charge in [0.25, 0.3) is 5.56 Å². The number of nitrogens with one attached hydrogen (secondary N) is 2. The first kappa shape index (κ1) is 22.4. The quantitative estimate of drug-likeness (QED) is 0.263. The minimum absolute atomic E-state index is 0.145. The molecule has 2 rings (SSSR count). The van der Waals surface area contributed by atoms with Gasteiger partial charge in [-0.15, -0.1) is 11.3 Å². The zero-order valence-corrected chi connectivity index (χ0v) is 18.3. The number of hydrogen-bond acceptors (Lipinski definition) is 7. The standard InChI is InChI=1S/C19H27N3O4S2/c1-5-11(2)9-13-12(3)28-18-16(13)17(25)21-19(22-18)27-10-14(23)20-8-6-7-15(24)26-4/h11H,5-10H2,1-4H3,(H,20,23)(H,21,22,25)/t11-/m0/s1. The summed E-state index contributed by atoms with van der Waals surface area (Å²) in [5.41, 5.74) is 0.941. The Morgan fingerprint density at radius 3 is 2.82 bits per heavy atom. The summed E-state index contributed by atoms with van der Waals surface area (Å²) in [5.74, 6) is 0.194. The van der Waals surface area contributed by atoms with Crippen molar-refractivity contribution in [1.82, 2.24) is 15.3 Å². The number of aromatic amines is 1. The van der Waals surface area contributed by atoms with Crippen LogP contribution in [0.4, 0.5) is 0 Å². The Morgan fingerprint density at radius 1 is 1.39 bits per heavy atom. The summed E-state index contributed by atoms with van der Waals surface area (Å²) >= 11 is 2.72. The fourth-order valence-electron chi connectivity index (χ4n) is 2.71. The van der Waals surface area contributed by atoms with Crippen LogP contribution in [-0.4, -0.2) is 41.3 Å². The van der Waals surface area contributed by atoms with Gasteiger partial charge in [0.15, 0.2) is 5.16 Å². The van der Waals surface area contributed by atoms with Crippen LogP contribution in [0, 0.1) is 12.8 Å². The molecule has 0 saturated heterocycles. The zero-order chi connectivity index (χ0) is 20.7. The van der Waals surface area contributed by atoms with Gasteiger partial charge in [-0.05, 0) is 31.2 Å². The minimum atomic E-state index is -0.294. The third-order valence-corrected chi connectivity index (χ3v) is 6.45. The molecule has 0 unspecified atom stereocenters. The number of aryl methyl sites for hydroxylation is 1. The lowest BCUT2D eigenvalue weighted by molar-refractivity contribution is -0.140. The number of thioether (sulfide) groups is 1. The minimum Gasteiger partial charge on any atom is -0.469 e. The Bertz CT molecular complexity index is 891. The summed E-state index contributed by atoms with van der Waals surface area (Å²) in [4.78, 5) is 44.7. The maximum absolute atomic E-state index is 12.6. The molecule has 0 spiro atoms. The molecular formula is C19H27N3O4S2. The molecule has 1 amide bonds. The normalized spacial score (nSPS) is 12.1. The van der Waals surface area contributed by atoms with Crippen LogP contribution in [-0.2, 0) is 20.7 Å². The molecule has 7 nitrogen and oxygen atoms in total. The number of fused-ring (bicyclic) bond motifs is 1. The lowest BCUT2D eigenvalue weighted by Crippen LogP contribution is -2.26. The summed E-state index contributed by atoms with van der Waals surface area (Å²) in [7, 11) is 1.34. The Labute approximate surface area is 172 Å². The van der Waals surface area contributed by atoms with Crippen molar-refractivity contribution in [2.24, 2.45) is 5.92 Å². The van der Waals surface area contributed by atoms with Gasteiger partial charge >= 0.3 is 5.97 Å². The zero-order valence-electron chi connectivity index (χ0n) is 16.7. The molecule has 0 fully saturated rings. The van der Waals surface area contributed by atoms with Gasteiger partial charge in [0, 0.05) is 17.8 Å². The molecule has 0 bridgehead atoms. The molecule has 0 radical (unpaired) electrons. The first-order chi connectivity index (χ1) is 13.3. The van der Waals surface area contributed by atoms with Gasteiger partial charge < -0.3 is 15.0 Å². The molecule has 2 aromatic heterocycles. The van der Waals surface area contributed by atoms with Crippen LogP contribution in [0.5, 0.6) is 0 Å². The van der Waals surface area contributed by atoms with E-state index in [9.17, 15) is 14.4 Å². The fraction of sp³-hybridized carbons (Fsp3) is 0.579. The number of H-pyrrole nitrogens is 1. The number of esters is 1. The van der Waals surface area contributed by atoms with Crippen molar-refractivity contribution in [3.8, 4) is 0 Å². The molecular weight excluding hydrogens is 398 g/mol. The molecule has 28 heavy (non-hydrogen) atoms. The maximum atomic E-state index is 12.6. The van der Waals surface area contributed by atoms with E-state index >= 15 is 0 Å². The predicted octanol–water partition coefficient (Wildman–Crippen LogP) is 3.04. The Morgan fingerprint density at radius 2 is 2.14 bits per heavy atom. The van der Waals surface area contributed by atoms with E-state index in [0.717, 1.165) is 28.1 Å². The smallest absolute Gasteiger partial charge is 0.305 e. The van der Waals surface area contributed by atoms with Crippen molar-refractivity contribution in [3.63, 3.8) is 0 Å². The first-order valence-corrected chi connectivity index (χ1v) is 11.1. The summed E-state index contributed by atoms with van der Waals surface area (Å²) < 4.78 is 4.55. The third kappa shape index (κ3) is 6.07. The number of carbonyl (C=O) groups excluding carboxylic acids is 2. The van der Waals surface area contributed by atoms with Crippen molar-refractivity contribution >= 4 is 45.2 Å². The van der Waals surface area contributed by atoms with Gasteiger partial charge in [-0.2, -0.15) is 0 Å². The molecule has 154 valence electrons. The molecule has 0 aliphatic carbocycles. The lowest BCUT2D eigenvalue weighted by atomic mass is 9.98. The van der Waals surface area contributed by atoms with Crippen molar-refractivity contribution in [2.75, 3.05) is 19.4 Å². The van der Waals surface area contributed by atoms with Gasteiger partial charge in [0.05, 0.1) is 18.2 Å². The van der Waals surface area contributed by atoms with E-state index in [0.29, 0.717) is 29.4 Å². The largest absolute Gasteiger partial charge is 0.469 e. The highest BCUT2D eigenvalue weighted by atomic mass is 32.2. The molecule has 0 aromatic carbocycles. The Balaban J connectivity index is 1.98. The topological polar surface area (TPSA) is 101 Å². The van der Waals surface area contributed by atoms with Gasteiger partial charge in [-0.3, -0.25) is 14.4 Å². The van der Waals surface area contributed by atoms with E-state index in [1.165, 1.54) is 30.2 Å². The second kappa shape index (κ2) is 10.6. The number of hydrogen-bond donors (Lipinski definition) is 2. The van der Waals surface area contributed by atoms with Crippen molar-refractivity contribution in [2.45, 2.75) is 51.6 Å². The number of thiophene rings is 1. The number of amides is 1. The van der Waals surface area contributed by atoms with Gasteiger partial charge in [0.1, 0.15) is 4.83 Å². The summed E-state index contributed by atoms with van der Waals surface area (Å²) in [6.45, 7) is 6.75. The van der Waals surface area contributed by atoms with E-state index < -0.39 is 0 Å². The highest BCUT2D eigenvalue weighted by Crippen LogP contribution is 2.30. The predicted molar refractivity (Wildman–Crippen MR) is 113 cm³/mol. The summed E-state index contributed by atoms with van der Waals surface area (Å²) in [5, 5.41) is 3.86. The lowest BCUT2D eigenvalue weighted by Gasteiger charge is -2.08. The monoisotopic (exact) mass is 425 g/mol. The summed E-state index contributed by atoms with van der Waals surface area (Å²) in [6, 6.07) is 0. The van der Waals surface area contributed by atoms with Gasteiger partial charge in [-0.25, -0.2) is 4.98 Å². The molecule has 2 N–H and O–H groups in total. The molecule has 2 aromatic rings. The molecule has 0 aliphatic rings. The van der Waals surface area contributed by atoms with E-state index in [2.05, 4.69) is 33.9 Å². The van der Waals surface area contributed by atoms with Crippen LogP contribution < -0.4 is 10.9 Å². The van der Waals surface area contributed by atoms with Crippen molar-refractivity contribution in [1.29, 1.82) is 0 Å². The second-order valence-corrected chi connectivity index (χ2v) is 8.89. The molecule has 0 aliphatic heterocycles. The van der Waals surface area contributed by atoms with Gasteiger partial charge in [-0.1, -0.05) is 32.0 Å². The average Bonchev–Trinajstić information content (AvgIpc) is 2.98. The second-order valence-electron chi connectivity index (χ2n) is 6.72. The number of ether oxygens (including phenoxy) is 1.